The lowest BCUT2D eigenvalue weighted by molar-refractivity contribution is 0.294. The van der Waals surface area contributed by atoms with Gasteiger partial charge in [-0.25, -0.2) is 0 Å². The molecular formula is C15H17Cl2N. The van der Waals surface area contributed by atoms with E-state index in [1.165, 1.54) is 31.2 Å². The van der Waals surface area contributed by atoms with E-state index >= 15 is 0 Å². The average Bonchev–Trinajstić information content (AvgIpc) is 2.74. The highest BCUT2D eigenvalue weighted by Gasteiger charge is 2.21. The van der Waals surface area contributed by atoms with Crippen LogP contribution in [0.15, 0.2) is 24.4 Å². The van der Waals surface area contributed by atoms with Gasteiger partial charge in [0, 0.05) is 22.6 Å². The fraction of sp³-hybridized carbons (Fsp3) is 0.467. The van der Waals surface area contributed by atoms with Gasteiger partial charge >= 0.3 is 0 Å². The molecule has 1 aromatic heterocycles. The highest BCUT2D eigenvalue weighted by Crippen LogP contribution is 2.36. The minimum Gasteiger partial charge on any atom is -0.344 e. The lowest BCUT2D eigenvalue weighted by atomic mass is 9.87. The first-order chi connectivity index (χ1) is 8.65. The van der Waals surface area contributed by atoms with Crippen molar-refractivity contribution in [3.05, 3.63) is 34.4 Å². The molecule has 0 spiro atoms. The second-order valence-corrected chi connectivity index (χ2v) is 6.30. The van der Waals surface area contributed by atoms with Crippen LogP contribution in [-0.4, -0.2) is 4.57 Å². The van der Waals surface area contributed by atoms with Crippen molar-refractivity contribution in [1.29, 1.82) is 0 Å². The molecule has 0 N–H and O–H groups in total. The van der Waals surface area contributed by atoms with Crippen molar-refractivity contribution in [2.24, 2.45) is 5.92 Å². The van der Waals surface area contributed by atoms with E-state index in [4.69, 9.17) is 23.2 Å². The Hall–Kier alpha value is -0.660. The summed E-state index contributed by atoms with van der Waals surface area (Å²) in [5.41, 5.74) is 1.17. The fourth-order valence-corrected chi connectivity index (χ4v) is 3.57. The van der Waals surface area contributed by atoms with Crippen LogP contribution in [-0.2, 0) is 0 Å². The van der Waals surface area contributed by atoms with Gasteiger partial charge in [0.1, 0.15) is 0 Å². The number of hydrogen-bond acceptors (Lipinski definition) is 0. The Kier molecular flexibility index (Phi) is 3.29. The molecule has 1 aromatic carbocycles. The Balaban J connectivity index is 2.02. The number of halogens is 2. The van der Waals surface area contributed by atoms with Crippen LogP contribution in [0.3, 0.4) is 0 Å². The summed E-state index contributed by atoms with van der Waals surface area (Å²) in [4.78, 5) is 0. The van der Waals surface area contributed by atoms with Crippen molar-refractivity contribution in [3.8, 4) is 0 Å². The van der Waals surface area contributed by atoms with Crippen molar-refractivity contribution in [2.45, 2.75) is 38.6 Å². The maximum atomic E-state index is 6.24. The summed E-state index contributed by atoms with van der Waals surface area (Å²) >= 11 is 12.4. The molecule has 0 atom stereocenters. The van der Waals surface area contributed by atoms with Gasteiger partial charge in [0.2, 0.25) is 0 Å². The van der Waals surface area contributed by atoms with Crippen molar-refractivity contribution >= 4 is 34.1 Å². The van der Waals surface area contributed by atoms with E-state index in [-0.39, 0.29) is 0 Å². The molecule has 1 saturated carbocycles. The second-order valence-electron chi connectivity index (χ2n) is 5.46. The summed E-state index contributed by atoms with van der Waals surface area (Å²) in [6.07, 6.45) is 7.31. The van der Waals surface area contributed by atoms with E-state index in [0.717, 1.165) is 21.3 Å². The molecule has 96 valence electrons. The average molecular weight is 282 g/mol. The van der Waals surface area contributed by atoms with Gasteiger partial charge in [-0.1, -0.05) is 30.1 Å². The van der Waals surface area contributed by atoms with Crippen LogP contribution in [0.5, 0.6) is 0 Å². The molecule has 2 aromatic rings. The maximum Gasteiger partial charge on any atom is 0.0514 e. The van der Waals surface area contributed by atoms with E-state index in [9.17, 15) is 0 Å². The second kappa shape index (κ2) is 4.79. The Labute approximate surface area is 118 Å². The molecular weight excluding hydrogens is 265 g/mol. The predicted octanol–water partition coefficient (Wildman–Crippen LogP) is 5.70. The third-order valence-electron chi connectivity index (χ3n) is 4.13. The molecule has 0 radical (unpaired) electrons. The van der Waals surface area contributed by atoms with Crippen molar-refractivity contribution in [1.82, 2.24) is 4.57 Å². The zero-order chi connectivity index (χ0) is 12.7. The molecule has 0 saturated heterocycles. The van der Waals surface area contributed by atoms with Crippen molar-refractivity contribution in [2.75, 3.05) is 0 Å². The van der Waals surface area contributed by atoms with E-state index in [1.54, 1.807) is 0 Å². The normalized spacial score (nSPS) is 24.6. The minimum absolute atomic E-state index is 0.605. The summed E-state index contributed by atoms with van der Waals surface area (Å²) in [6.45, 7) is 2.34. The molecule has 3 rings (SSSR count). The molecule has 1 fully saturated rings. The Morgan fingerprint density at radius 2 is 1.83 bits per heavy atom. The maximum absolute atomic E-state index is 6.24. The zero-order valence-electron chi connectivity index (χ0n) is 10.5. The summed E-state index contributed by atoms with van der Waals surface area (Å²) in [7, 11) is 0. The first-order valence-corrected chi connectivity index (χ1v) is 7.36. The van der Waals surface area contributed by atoms with E-state index in [1.807, 2.05) is 12.1 Å². The van der Waals surface area contributed by atoms with Gasteiger partial charge in [-0.15, -0.1) is 0 Å². The molecule has 1 aliphatic carbocycles. The largest absolute Gasteiger partial charge is 0.344 e. The molecule has 1 aliphatic rings. The summed E-state index contributed by atoms with van der Waals surface area (Å²) in [5.74, 6) is 0.871. The van der Waals surface area contributed by atoms with Crippen LogP contribution in [0.2, 0.25) is 10.0 Å². The molecule has 1 heterocycles. The molecule has 0 amide bonds. The Bertz CT molecular complexity index is 565. The Morgan fingerprint density at radius 3 is 2.56 bits per heavy atom. The standard InChI is InChI=1S/C15H17Cl2N/c1-10-2-4-12(5-3-10)18-7-6-13-14(17)8-11(16)9-15(13)18/h6-10,12H,2-5H2,1H3/t10-,12+. The van der Waals surface area contributed by atoms with Gasteiger partial charge in [0.25, 0.3) is 0 Å². The lowest BCUT2D eigenvalue weighted by Crippen LogP contribution is -2.15. The van der Waals surface area contributed by atoms with Gasteiger partial charge in [0.15, 0.2) is 0 Å². The van der Waals surface area contributed by atoms with Crippen LogP contribution < -0.4 is 0 Å². The van der Waals surface area contributed by atoms with Gasteiger partial charge in [0.05, 0.1) is 10.5 Å². The lowest BCUT2D eigenvalue weighted by Gasteiger charge is -2.28. The highest BCUT2D eigenvalue weighted by atomic mass is 35.5. The third-order valence-corrected chi connectivity index (χ3v) is 4.66. The molecule has 1 nitrogen and oxygen atoms in total. The van der Waals surface area contributed by atoms with E-state index in [0.29, 0.717) is 6.04 Å². The van der Waals surface area contributed by atoms with Crippen LogP contribution in [0.4, 0.5) is 0 Å². The van der Waals surface area contributed by atoms with Crippen LogP contribution in [0, 0.1) is 5.92 Å². The third kappa shape index (κ3) is 2.15. The molecule has 0 bridgehead atoms. The summed E-state index contributed by atoms with van der Waals surface area (Å²) < 4.78 is 2.36. The topological polar surface area (TPSA) is 4.93 Å². The molecule has 0 unspecified atom stereocenters. The highest BCUT2D eigenvalue weighted by molar-refractivity contribution is 6.38. The summed E-state index contributed by atoms with van der Waals surface area (Å²) in [5, 5.41) is 2.58. The molecule has 0 aliphatic heterocycles. The van der Waals surface area contributed by atoms with Crippen LogP contribution in [0.1, 0.15) is 38.6 Å². The van der Waals surface area contributed by atoms with Crippen LogP contribution >= 0.6 is 23.2 Å². The molecule has 18 heavy (non-hydrogen) atoms. The Morgan fingerprint density at radius 1 is 1.11 bits per heavy atom. The monoisotopic (exact) mass is 281 g/mol. The van der Waals surface area contributed by atoms with Gasteiger partial charge in [-0.2, -0.15) is 0 Å². The number of benzene rings is 1. The number of fused-ring (bicyclic) bond motifs is 1. The van der Waals surface area contributed by atoms with E-state index in [2.05, 4.69) is 23.8 Å². The number of aromatic nitrogens is 1. The van der Waals surface area contributed by atoms with Gasteiger partial charge < -0.3 is 4.57 Å². The fourth-order valence-electron chi connectivity index (χ4n) is 3.02. The number of hydrogen-bond donors (Lipinski definition) is 0. The summed E-state index contributed by atoms with van der Waals surface area (Å²) in [6, 6.07) is 6.55. The van der Waals surface area contributed by atoms with Crippen molar-refractivity contribution in [3.63, 3.8) is 0 Å². The minimum atomic E-state index is 0.605. The van der Waals surface area contributed by atoms with Gasteiger partial charge in [-0.05, 0) is 49.8 Å². The number of nitrogens with zero attached hydrogens (tertiary/aromatic N) is 1. The van der Waals surface area contributed by atoms with E-state index < -0.39 is 0 Å². The van der Waals surface area contributed by atoms with Crippen LogP contribution in [0.25, 0.3) is 10.9 Å². The first-order valence-electron chi connectivity index (χ1n) is 6.61. The first kappa shape index (κ1) is 12.4. The zero-order valence-corrected chi connectivity index (χ0v) is 12.0. The quantitative estimate of drug-likeness (QED) is 0.632. The SMILES string of the molecule is C[C@H]1CC[C@@H](n2ccc3c(Cl)cc(Cl)cc32)CC1. The predicted molar refractivity (Wildman–Crippen MR) is 78.6 cm³/mol. The molecule has 3 heteroatoms. The smallest absolute Gasteiger partial charge is 0.0514 e. The van der Waals surface area contributed by atoms with Crippen molar-refractivity contribution < 1.29 is 0 Å². The van der Waals surface area contributed by atoms with Gasteiger partial charge in [-0.3, -0.25) is 0 Å². The number of rotatable bonds is 1.